The molecule has 2 N–H and O–H groups in total. The lowest BCUT2D eigenvalue weighted by Gasteiger charge is -2.12. The summed E-state index contributed by atoms with van der Waals surface area (Å²) in [5.41, 5.74) is 1.96. The Hall–Kier alpha value is -1.71. The van der Waals surface area contributed by atoms with E-state index >= 15 is 0 Å². The van der Waals surface area contributed by atoms with Crippen LogP contribution in [0.25, 0.3) is 0 Å². The zero-order chi connectivity index (χ0) is 14.9. The Labute approximate surface area is 127 Å². The molecular weight excluding hydrogens is 297 g/mol. The molecule has 2 rings (SSSR count). The van der Waals surface area contributed by atoms with E-state index in [4.69, 9.17) is 23.2 Å². The minimum absolute atomic E-state index is 0.0510. The van der Waals surface area contributed by atoms with Crippen molar-refractivity contribution in [1.29, 1.82) is 0 Å². The summed E-state index contributed by atoms with van der Waals surface area (Å²) < 4.78 is 0. The lowest BCUT2D eigenvalue weighted by Crippen LogP contribution is -2.13. The van der Waals surface area contributed by atoms with Gasteiger partial charge in [0.15, 0.2) is 0 Å². The topological polar surface area (TPSA) is 49.3 Å². The molecule has 0 aromatic heterocycles. The van der Waals surface area contributed by atoms with Crippen molar-refractivity contribution in [2.45, 2.75) is 13.8 Å². The molecule has 2 aromatic rings. The lowest BCUT2D eigenvalue weighted by atomic mass is 10.1. The molecule has 0 aliphatic heterocycles. The van der Waals surface area contributed by atoms with E-state index in [1.807, 2.05) is 6.92 Å². The third-order valence-electron chi connectivity index (χ3n) is 3.01. The monoisotopic (exact) mass is 309 g/mol. The van der Waals surface area contributed by atoms with Gasteiger partial charge in [0.05, 0.1) is 21.3 Å². The molecule has 104 valence electrons. The molecule has 0 heterocycles. The number of rotatable bonds is 2. The molecule has 2 aromatic carbocycles. The first-order valence-electron chi connectivity index (χ1n) is 5.96. The third kappa shape index (κ3) is 2.74. The van der Waals surface area contributed by atoms with E-state index in [2.05, 4.69) is 5.32 Å². The average Bonchev–Trinajstić information content (AvgIpc) is 2.42. The van der Waals surface area contributed by atoms with Gasteiger partial charge < -0.3 is 10.4 Å². The molecule has 0 spiro atoms. The number of para-hydroxylation sites is 1. The highest BCUT2D eigenvalue weighted by molar-refractivity contribution is 6.40. The van der Waals surface area contributed by atoms with E-state index in [1.165, 1.54) is 6.07 Å². The number of benzene rings is 2. The number of carbonyl (C=O) groups is 1. The number of halogens is 2. The lowest BCUT2D eigenvalue weighted by molar-refractivity contribution is 0.102. The number of phenolic OH excluding ortho intramolecular Hbond substituents is 1. The Bertz CT molecular complexity index is 684. The number of hydrogen-bond acceptors (Lipinski definition) is 2. The molecule has 0 radical (unpaired) electrons. The van der Waals surface area contributed by atoms with Crippen LogP contribution in [0, 0.1) is 13.8 Å². The largest absolute Gasteiger partial charge is 0.507 e. The molecule has 3 nitrogen and oxygen atoms in total. The number of hydrogen-bond donors (Lipinski definition) is 2. The van der Waals surface area contributed by atoms with Gasteiger partial charge in [-0.05, 0) is 37.1 Å². The van der Waals surface area contributed by atoms with Crippen molar-refractivity contribution < 1.29 is 9.90 Å². The fraction of sp³-hybridized carbons (Fsp3) is 0.133. The molecule has 5 heteroatoms. The van der Waals surface area contributed by atoms with Crippen LogP contribution < -0.4 is 5.32 Å². The molecule has 0 fully saturated rings. The minimum Gasteiger partial charge on any atom is -0.507 e. The Morgan fingerprint density at radius 3 is 2.50 bits per heavy atom. The van der Waals surface area contributed by atoms with Gasteiger partial charge in [0.2, 0.25) is 0 Å². The van der Waals surface area contributed by atoms with Gasteiger partial charge >= 0.3 is 0 Å². The van der Waals surface area contributed by atoms with Crippen molar-refractivity contribution in [3.05, 3.63) is 57.1 Å². The number of phenols is 1. The predicted octanol–water partition coefficient (Wildman–Crippen LogP) is 4.57. The Balaban J connectivity index is 2.38. The molecule has 0 saturated carbocycles. The van der Waals surface area contributed by atoms with Crippen LogP contribution in [0.15, 0.2) is 30.3 Å². The van der Waals surface area contributed by atoms with Crippen LogP contribution in [-0.2, 0) is 0 Å². The molecule has 20 heavy (non-hydrogen) atoms. The maximum atomic E-state index is 12.2. The highest BCUT2D eigenvalue weighted by Crippen LogP contribution is 2.33. The summed E-state index contributed by atoms with van der Waals surface area (Å²) in [5, 5.41) is 13.3. The van der Waals surface area contributed by atoms with Crippen molar-refractivity contribution in [3.63, 3.8) is 0 Å². The van der Waals surface area contributed by atoms with Crippen LogP contribution in [0.3, 0.4) is 0 Å². The van der Waals surface area contributed by atoms with Gasteiger partial charge in [-0.3, -0.25) is 4.79 Å². The standard InChI is InChI=1S/C15H13Cl2NO2/c1-8-6-7-11(16)13(12(8)17)18-15(20)10-5-3-4-9(2)14(10)19/h3-7,19H,1-2H3,(H,18,20). The van der Waals surface area contributed by atoms with Crippen LogP contribution in [-0.4, -0.2) is 11.0 Å². The number of aryl methyl sites for hydroxylation is 2. The molecule has 0 atom stereocenters. The van der Waals surface area contributed by atoms with Gasteiger partial charge in [-0.15, -0.1) is 0 Å². The molecule has 1 amide bonds. The van der Waals surface area contributed by atoms with E-state index in [-0.39, 0.29) is 11.3 Å². The van der Waals surface area contributed by atoms with Crippen molar-refractivity contribution in [2.75, 3.05) is 5.32 Å². The number of carbonyl (C=O) groups excluding carboxylic acids is 1. The summed E-state index contributed by atoms with van der Waals surface area (Å²) >= 11 is 12.2. The zero-order valence-corrected chi connectivity index (χ0v) is 12.5. The summed E-state index contributed by atoms with van der Waals surface area (Å²) in [6.45, 7) is 3.54. The fourth-order valence-electron chi connectivity index (χ4n) is 1.79. The van der Waals surface area contributed by atoms with Gasteiger partial charge in [-0.1, -0.05) is 41.4 Å². The summed E-state index contributed by atoms with van der Waals surface area (Å²) in [7, 11) is 0. The van der Waals surface area contributed by atoms with Crippen LogP contribution in [0.1, 0.15) is 21.5 Å². The maximum Gasteiger partial charge on any atom is 0.259 e. The summed E-state index contributed by atoms with van der Waals surface area (Å²) in [5.74, 6) is -0.509. The molecule has 0 aliphatic rings. The van der Waals surface area contributed by atoms with Crippen molar-refractivity contribution in [1.82, 2.24) is 0 Å². The van der Waals surface area contributed by atoms with E-state index < -0.39 is 5.91 Å². The first kappa shape index (κ1) is 14.7. The highest BCUT2D eigenvalue weighted by Gasteiger charge is 2.16. The minimum atomic E-state index is -0.458. The second-order valence-electron chi connectivity index (χ2n) is 4.48. The van der Waals surface area contributed by atoms with E-state index in [0.29, 0.717) is 21.3 Å². The van der Waals surface area contributed by atoms with Gasteiger partial charge in [-0.2, -0.15) is 0 Å². The summed E-state index contributed by atoms with van der Waals surface area (Å²) in [4.78, 5) is 12.2. The van der Waals surface area contributed by atoms with Crippen molar-refractivity contribution >= 4 is 34.8 Å². The molecule has 0 bridgehead atoms. The van der Waals surface area contributed by atoms with Gasteiger partial charge in [0.1, 0.15) is 5.75 Å². The molecule has 0 saturated heterocycles. The molecular formula is C15H13Cl2NO2. The Morgan fingerprint density at radius 1 is 1.10 bits per heavy atom. The van der Waals surface area contributed by atoms with Crippen LogP contribution in [0.5, 0.6) is 5.75 Å². The SMILES string of the molecule is Cc1cccc(C(=O)Nc2c(Cl)ccc(C)c2Cl)c1O. The number of amides is 1. The van der Waals surface area contributed by atoms with Gasteiger partial charge in [-0.25, -0.2) is 0 Å². The third-order valence-corrected chi connectivity index (χ3v) is 3.81. The van der Waals surface area contributed by atoms with Crippen LogP contribution >= 0.6 is 23.2 Å². The number of nitrogens with one attached hydrogen (secondary N) is 1. The Morgan fingerprint density at radius 2 is 1.80 bits per heavy atom. The van der Waals surface area contributed by atoms with E-state index in [1.54, 1.807) is 31.2 Å². The number of aromatic hydroxyl groups is 1. The average molecular weight is 310 g/mol. The predicted molar refractivity (Wildman–Crippen MR) is 82.0 cm³/mol. The normalized spacial score (nSPS) is 10.4. The van der Waals surface area contributed by atoms with Gasteiger partial charge in [0.25, 0.3) is 5.91 Å². The first-order chi connectivity index (χ1) is 9.41. The van der Waals surface area contributed by atoms with E-state index in [0.717, 1.165) is 5.56 Å². The fourth-order valence-corrected chi connectivity index (χ4v) is 2.26. The smallest absolute Gasteiger partial charge is 0.259 e. The first-order valence-corrected chi connectivity index (χ1v) is 6.72. The van der Waals surface area contributed by atoms with E-state index in [9.17, 15) is 9.90 Å². The second kappa shape index (κ2) is 5.73. The zero-order valence-electron chi connectivity index (χ0n) is 11.0. The molecule has 0 aliphatic carbocycles. The second-order valence-corrected chi connectivity index (χ2v) is 5.26. The molecule has 0 unspecified atom stereocenters. The maximum absolute atomic E-state index is 12.2. The van der Waals surface area contributed by atoms with Crippen LogP contribution in [0.4, 0.5) is 5.69 Å². The summed E-state index contributed by atoms with van der Waals surface area (Å²) in [6.07, 6.45) is 0. The summed E-state index contributed by atoms with van der Waals surface area (Å²) in [6, 6.07) is 8.39. The van der Waals surface area contributed by atoms with Crippen molar-refractivity contribution in [2.24, 2.45) is 0 Å². The van der Waals surface area contributed by atoms with Crippen LogP contribution in [0.2, 0.25) is 10.0 Å². The highest BCUT2D eigenvalue weighted by atomic mass is 35.5. The van der Waals surface area contributed by atoms with Crippen molar-refractivity contribution in [3.8, 4) is 5.75 Å². The van der Waals surface area contributed by atoms with Gasteiger partial charge in [0, 0.05) is 0 Å². The Kier molecular flexibility index (Phi) is 4.21. The quantitative estimate of drug-likeness (QED) is 0.853. The number of anilines is 1.